The first-order valence-electron chi connectivity index (χ1n) is 6.04. The summed E-state index contributed by atoms with van der Waals surface area (Å²) >= 11 is 0. The van der Waals surface area contributed by atoms with Crippen molar-refractivity contribution in [1.82, 2.24) is 5.32 Å². The van der Waals surface area contributed by atoms with Crippen molar-refractivity contribution in [3.8, 4) is 0 Å². The normalized spacial score (nSPS) is 25.8. The van der Waals surface area contributed by atoms with Crippen LogP contribution in [0, 0.1) is 5.92 Å². The molecule has 0 spiro atoms. The number of rotatable bonds is 6. The molecular formula is C12H25NO2. The van der Waals surface area contributed by atoms with E-state index in [4.69, 9.17) is 4.74 Å². The van der Waals surface area contributed by atoms with E-state index < -0.39 is 5.60 Å². The molecule has 1 heterocycles. The van der Waals surface area contributed by atoms with E-state index >= 15 is 0 Å². The highest BCUT2D eigenvalue weighted by Gasteiger charge is 2.27. The first-order chi connectivity index (χ1) is 6.99. The second-order valence-corrected chi connectivity index (χ2v) is 5.36. The molecule has 1 rings (SSSR count). The van der Waals surface area contributed by atoms with E-state index in [0.717, 1.165) is 32.4 Å². The quantitative estimate of drug-likeness (QED) is 0.706. The maximum atomic E-state index is 10.1. The van der Waals surface area contributed by atoms with Crippen LogP contribution in [0.15, 0.2) is 0 Å². The predicted octanol–water partition coefficient (Wildman–Crippen LogP) is 1.55. The molecule has 2 N–H and O–H groups in total. The standard InChI is InChI=1S/C12H25NO2/c1-10(2)8-13-9-12(3,14)7-11-5-4-6-15-11/h10-11,13-14H,4-9H2,1-3H3. The van der Waals surface area contributed by atoms with E-state index in [1.165, 1.54) is 0 Å². The van der Waals surface area contributed by atoms with Crippen molar-refractivity contribution in [2.75, 3.05) is 19.7 Å². The Morgan fingerprint density at radius 2 is 2.27 bits per heavy atom. The summed E-state index contributed by atoms with van der Waals surface area (Å²) < 4.78 is 5.53. The lowest BCUT2D eigenvalue weighted by Gasteiger charge is -2.27. The van der Waals surface area contributed by atoms with Crippen molar-refractivity contribution in [3.63, 3.8) is 0 Å². The first-order valence-corrected chi connectivity index (χ1v) is 6.04. The summed E-state index contributed by atoms with van der Waals surface area (Å²) in [6, 6.07) is 0. The molecule has 2 atom stereocenters. The zero-order valence-corrected chi connectivity index (χ0v) is 10.3. The molecule has 0 aromatic rings. The maximum Gasteiger partial charge on any atom is 0.0768 e. The van der Waals surface area contributed by atoms with E-state index in [2.05, 4.69) is 19.2 Å². The molecule has 90 valence electrons. The van der Waals surface area contributed by atoms with Crippen LogP contribution < -0.4 is 5.32 Å². The summed E-state index contributed by atoms with van der Waals surface area (Å²) in [6.07, 6.45) is 3.25. The van der Waals surface area contributed by atoms with E-state index in [0.29, 0.717) is 12.5 Å². The van der Waals surface area contributed by atoms with Gasteiger partial charge in [-0.05, 0) is 32.2 Å². The molecule has 0 aromatic carbocycles. The monoisotopic (exact) mass is 215 g/mol. The third kappa shape index (κ3) is 5.50. The molecule has 0 aliphatic carbocycles. The summed E-state index contributed by atoms with van der Waals surface area (Å²) in [5.41, 5.74) is -0.635. The highest BCUT2D eigenvalue weighted by atomic mass is 16.5. The molecule has 1 aliphatic heterocycles. The molecular weight excluding hydrogens is 190 g/mol. The molecule has 1 fully saturated rings. The Bertz CT molecular complexity index is 174. The fourth-order valence-corrected chi connectivity index (χ4v) is 2.00. The van der Waals surface area contributed by atoms with Gasteiger partial charge in [-0.2, -0.15) is 0 Å². The molecule has 15 heavy (non-hydrogen) atoms. The average Bonchev–Trinajstić information content (AvgIpc) is 2.54. The Labute approximate surface area is 93.2 Å². The first kappa shape index (κ1) is 12.9. The zero-order valence-electron chi connectivity index (χ0n) is 10.3. The van der Waals surface area contributed by atoms with Gasteiger partial charge in [0, 0.05) is 19.6 Å². The molecule has 1 saturated heterocycles. The predicted molar refractivity (Wildman–Crippen MR) is 61.9 cm³/mol. The Balaban J connectivity index is 2.18. The highest BCUT2D eigenvalue weighted by molar-refractivity contribution is 4.81. The Kier molecular flexibility index (Phi) is 5.03. The fraction of sp³-hybridized carbons (Fsp3) is 1.00. The largest absolute Gasteiger partial charge is 0.389 e. The summed E-state index contributed by atoms with van der Waals surface area (Å²) in [7, 11) is 0. The van der Waals surface area contributed by atoms with Crippen molar-refractivity contribution >= 4 is 0 Å². The van der Waals surface area contributed by atoms with Crippen LogP contribution in [-0.4, -0.2) is 36.5 Å². The molecule has 0 amide bonds. The van der Waals surface area contributed by atoms with Gasteiger partial charge >= 0.3 is 0 Å². The molecule has 0 saturated carbocycles. The van der Waals surface area contributed by atoms with E-state index in [1.54, 1.807) is 0 Å². The van der Waals surface area contributed by atoms with E-state index in [9.17, 15) is 5.11 Å². The highest BCUT2D eigenvalue weighted by Crippen LogP contribution is 2.21. The Morgan fingerprint density at radius 3 is 2.80 bits per heavy atom. The number of ether oxygens (including phenoxy) is 1. The zero-order chi connectivity index (χ0) is 11.3. The summed E-state index contributed by atoms with van der Waals surface area (Å²) in [4.78, 5) is 0. The van der Waals surface area contributed by atoms with Gasteiger partial charge in [-0.25, -0.2) is 0 Å². The molecule has 3 heteroatoms. The number of hydrogen-bond donors (Lipinski definition) is 2. The van der Waals surface area contributed by atoms with Gasteiger partial charge in [-0.15, -0.1) is 0 Å². The SMILES string of the molecule is CC(C)CNCC(C)(O)CC1CCCO1. The van der Waals surface area contributed by atoms with Gasteiger partial charge in [-0.3, -0.25) is 0 Å². The van der Waals surface area contributed by atoms with Crippen LogP contribution in [0.2, 0.25) is 0 Å². The molecule has 0 radical (unpaired) electrons. The van der Waals surface area contributed by atoms with Crippen LogP contribution in [-0.2, 0) is 4.74 Å². The van der Waals surface area contributed by atoms with Gasteiger partial charge < -0.3 is 15.2 Å². The molecule has 2 unspecified atom stereocenters. The van der Waals surface area contributed by atoms with Crippen LogP contribution >= 0.6 is 0 Å². The molecule has 1 aliphatic rings. The lowest BCUT2D eigenvalue weighted by Crippen LogP contribution is -2.41. The second kappa shape index (κ2) is 5.83. The molecule has 3 nitrogen and oxygen atoms in total. The van der Waals surface area contributed by atoms with Crippen molar-refractivity contribution < 1.29 is 9.84 Å². The summed E-state index contributed by atoms with van der Waals surface area (Å²) in [5.74, 6) is 0.628. The smallest absolute Gasteiger partial charge is 0.0768 e. The number of hydrogen-bond acceptors (Lipinski definition) is 3. The minimum absolute atomic E-state index is 0.265. The fourth-order valence-electron chi connectivity index (χ4n) is 2.00. The lowest BCUT2D eigenvalue weighted by molar-refractivity contribution is -0.00611. The topological polar surface area (TPSA) is 41.5 Å². The Morgan fingerprint density at radius 1 is 1.53 bits per heavy atom. The van der Waals surface area contributed by atoms with Crippen LogP contribution in [0.25, 0.3) is 0 Å². The molecule has 0 bridgehead atoms. The van der Waals surface area contributed by atoms with Gasteiger partial charge in [0.05, 0.1) is 11.7 Å². The van der Waals surface area contributed by atoms with Gasteiger partial charge in [0.2, 0.25) is 0 Å². The Hall–Kier alpha value is -0.120. The summed E-state index contributed by atoms with van der Waals surface area (Å²) in [6.45, 7) is 8.71. The lowest BCUT2D eigenvalue weighted by atomic mass is 9.97. The van der Waals surface area contributed by atoms with Crippen LogP contribution in [0.5, 0.6) is 0 Å². The van der Waals surface area contributed by atoms with Crippen LogP contribution in [0.4, 0.5) is 0 Å². The average molecular weight is 215 g/mol. The van der Waals surface area contributed by atoms with E-state index in [-0.39, 0.29) is 6.10 Å². The van der Waals surface area contributed by atoms with Crippen molar-refractivity contribution in [2.45, 2.75) is 51.7 Å². The van der Waals surface area contributed by atoms with Gasteiger partial charge in [0.15, 0.2) is 0 Å². The van der Waals surface area contributed by atoms with Crippen molar-refractivity contribution in [1.29, 1.82) is 0 Å². The van der Waals surface area contributed by atoms with Gasteiger partial charge in [0.1, 0.15) is 0 Å². The van der Waals surface area contributed by atoms with Crippen LogP contribution in [0.3, 0.4) is 0 Å². The summed E-state index contributed by atoms with van der Waals surface area (Å²) in [5, 5.41) is 13.4. The molecule has 0 aromatic heterocycles. The minimum atomic E-state index is -0.635. The van der Waals surface area contributed by atoms with Gasteiger partial charge in [-0.1, -0.05) is 13.8 Å². The third-order valence-electron chi connectivity index (χ3n) is 2.75. The minimum Gasteiger partial charge on any atom is -0.389 e. The van der Waals surface area contributed by atoms with E-state index in [1.807, 2.05) is 6.92 Å². The van der Waals surface area contributed by atoms with Crippen molar-refractivity contribution in [3.05, 3.63) is 0 Å². The number of aliphatic hydroxyl groups is 1. The third-order valence-corrected chi connectivity index (χ3v) is 2.75. The van der Waals surface area contributed by atoms with Crippen LogP contribution in [0.1, 0.15) is 40.0 Å². The maximum absolute atomic E-state index is 10.1. The number of nitrogens with one attached hydrogen (secondary N) is 1. The van der Waals surface area contributed by atoms with Gasteiger partial charge in [0.25, 0.3) is 0 Å². The van der Waals surface area contributed by atoms with Crippen molar-refractivity contribution in [2.24, 2.45) is 5.92 Å². The second-order valence-electron chi connectivity index (χ2n) is 5.36.